The van der Waals surface area contributed by atoms with Gasteiger partial charge in [-0.1, -0.05) is 31.5 Å². The quantitative estimate of drug-likeness (QED) is 0.663. The first kappa shape index (κ1) is 13.5. The molecule has 0 saturated heterocycles. The van der Waals surface area contributed by atoms with Crippen LogP contribution in [0.2, 0.25) is 0 Å². The van der Waals surface area contributed by atoms with E-state index in [4.69, 9.17) is 0 Å². The summed E-state index contributed by atoms with van der Waals surface area (Å²) in [5.41, 5.74) is 0. The first-order valence-electron chi connectivity index (χ1n) is 5.07. The molecule has 0 aromatic carbocycles. The number of nitrogens with one attached hydrogen (secondary N) is 1. The van der Waals surface area contributed by atoms with Crippen LogP contribution in [-0.4, -0.2) is 23.3 Å². The molecule has 0 bridgehead atoms. The predicted octanol–water partition coefficient (Wildman–Crippen LogP) is 1.96. The molecule has 0 unspecified atom stereocenters. The number of hydrogen-bond donors (Lipinski definition) is 1. The molecule has 0 aliphatic carbocycles. The third-order valence-electron chi connectivity index (χ3n) is 1.72. The van der Waals surface area contributed by atoms with Crippen LogP contribution >= 0.6 is 11.8 Å². The van der Waals surface area contributed by atoms with Gasteiger partial charge in [0, 0.05) is 25.6 Å². The maximum absolute atomic E-state index is 11.2. The number of rotatable bonds is 7. The zero-order chi connectivity index (χ0) is 10.8. The van der Waals surface area contributed by atoms with Gasteiger partial charge < -0.3 is 5.32 Å². The van der Waals surface area contributed by atoms with E-state index < -0.39 is 0 Å². The van der Waals surface area contributed by atoms with Crippen molar-refractivity contribution in [3.05, 3.63) is 0 Å². The van der Waals surface area contributed by atoms with Crippen LogP contribution in [0.25, 0.3) is 0 Å². The van der Waals surface area contributed by atoms with Gasteiger partial charge in [0.2, 0.25) is 5.91 Å². The van der Waals surface area contributed by atoms with Crippen LogP contribution in [0.5, 0.6) is 0 Å². The third-order valence-corrected chi connectivity index (χ3v) is 2.66. The Kier molecular flexibility index (Phi) is 8.73. The molecule has 0 rings (SSSR count). The number of hydrogen-bond acceptors (Lipinski definition) is 3. The van der Waals surface area contributed by atoms with Crippen molar-refractivity contribution in [3.63, 3.8) is 0 Å². The van der Waals surface area contributed by atoms with Crippen molar-refractivity contribution < 1.29 is 9.59 Å². The molecule has 14 heavy (non-hydrogen) atoms. The summed E-state index contributed by atoms with van der Waals surface area (Å²) in [4.78, 5) is 21.7. The largest absolute Gasteiger partial charge is 0.356 e. The molecule has 0 heterocycles. The molecule has 0 spiro atoms. The first-order valence-corrected chi connectivity index (χ1v) is 6.05. The van der Waals surface area contributed by atoms with Gasteiger partial charge in [0.05, 0.1) is 0 Å². The number of carbonyl (C=O) groups is 2. The van der Waals surface area contributed by atoms with Gasteiger partial charge in [0.25, 0.3) is 0 Å². The Morgan fingerprint density at radius 3 is 2.57 bits per heavy atom. The molecule has 0 saturated carbocycles. The summed E-state index contributed by atoms with van der Waals surface area (Å²) in [5, 5.41) is 2.90. The molecule has 0 aromatic heterocycles. The first-order chi connectivity index (χ1) is 6.66. The minimum atomic E-state index is -0.0379. The van der Waals surface area contributed by atoms with Gasteiger partial charge in [-0.2, -0.15) is 0 Å². The highest BCUT2D eigenvalue weighted by Crippen LogP contribution is 2.08. The monoisotopic (exact) mass is 217 g/mol. The number of unbranched alkanes of at least 4 members (excludes halogenated alkanes) is 2. The van der Waals surface area contributed by atoms with E-state index in [1.54, 1.807) is 0 Å². The zero-order valence-electron chi connectivity index (χ0n) is 8.97. The standard InChI is InChI=1S/C10H19NO2S/c1-3-4-5-6-10(13)14-8-7-11-9(2)12/h3-8H2,1-2H3,(H,11,12). The van der Waals surface area contributed by atoms with Gasteiger partial charge in [-0.05, 0) is 6.42 Å². The fourth-order valence-corrected chi connectivity index (χ4v) is 1.70. The minimum Gasteiger partial charge on any atom is -0.356 e. The highest BCUT2D eigenvalue weighted by molar-refractivity contribution is 8.13. The van der Waals surface area contributed by atoms with Crippen molar-refractivity contribution in [2.24, 2.45) is 0 Å². The van der Waals surface area contributed by atoms with Gasteiger partial charge >= 0.3 is 0 Å². The summed E-state index contributed by atoms with van der Waals surface area (Å²) in [5.74, 6) is 0.647. The summed E-state index contributed by atoms with van der Waals surface area (Å²) in [6.45, 7) is 4.18. The molecule has 0 radical (unpaired) electrons. The molecule has 1 amide bonds. The van der Waals surface area contributed by atoms with Crippen LogP contribution in [-0.2, 0) is 9.59 Å². The van der Waals surface area contributed by atoms with Gasteiger partial charge in [0.1, 0.15) is 0 Å². The second-order valence-corrected chi connectivity index (χ2v) is 4.31. The van der Waals surface area contributed by atoms with Crippen molar-refractivity contribution in [2.75, 3.05) is 12.3 Å². The average molecular weight is 217 g/mol. The average Bonchev–Trinajstić information content (AvgIpc) is 2.13. The molecule has 3 nitrogen and oxygen atoms in total. The van der Waals surface area contributed by atoms with E-state index in [2.05, 4.69) is 12.2 Å². The molecule has 4 heteroatoms. The molecule has 0 atom stereocenters. The van der Waals surface area contributed by atoms with E-state index in [1.807, 2.05) is 0 Å². The third kappa shape index (κ3) is 9.58. The van der Waals surface area contributed by atoms with E-state index in [0.29, 0.717) is 18.7 Å². The zero-order valence-corrected chi connectivity index (χ0v) is 9.78. The molecule has 1 N–H and O–H groups in total. The highest BCUT2D eigenvalue weighted by atomic mass is 32.2. The van der Waals surface area contributed by atoms with Crippen LogP contribution in [0.1, 0.15) is 39.5 Å². The van der Waals surface area contributed by atoms with Crippen LogP contribution < -0.4 is 5.32 Å². The smallest absolute Gasteiger partial charge is 0.216 e. The second-order valence-electron chi connectivity index (χ2n) is 3.16. The van der Waals surface area contributed by atoms with Crippen molar-refractivity contribution in [1.29, 1.82) is 0 Å². The van der Waals surface area contributed by atoms with Gasteiger partial charge in [-0.25, -0.2) is 0 Å². The summed E-state index contributed by atoms with van der Waals surface area (Å²) < 4.78 is 0. The van der Waals surface area contributed by atoms with Crippen LogP contribution in [0.15, 0.2) is 0 Å². The van der Waals surface area contributed by atoms with Crippen molar-refractivity contribution in [2.45, 2.75) is 39.5 Å². The summed E-state index contributed by atoms with van der Waals surface area (Å²) >= 11 is 1.32. The van der Waals surface area contributed by atoms with Gasteiger partial charge in [-0.15, -0.1) is 0 Å². The minimum absolute atomic E-state index is 0.0379. The van der Waals surface area contributed by atoms with Crippen molar-refractivity contribution in [3.8, 4) is 0 Å². The van der Waals surface area contributed by atoms with E-state index in [9.17, 15) is 9.59 Å². The molecule has 0 aromatic rings. The lowest BCUT2D eigenvalue weighted by molar-refractivity contribution is -0.118. The van der Waals surface area contributed by atoms with E-state index >= 15 is 0 Å². The lowest BCUT2D eigenvalue weighted by atomic mass is 10.2. The summed E-state index contributed by atoms with van der Waals surface area (Å²) in [6, 6.07) is 0. The number of amides is 1. The molecular weight excluding hydrogens is 198 g/mol. The Bertz CT molecular complexity index is 183. The van der Waals surface area contributed by atoms with Crippen molar-refractivity contribution >= 4 is 22.8 Å². The SMILES string of the molecule is CCCCCC(=O)SCCNC(C)=O. The van der Waals surface area contributed by atoms with Gasteiger partial charge in [-0.3, -0.25) is 9.59 Å². The fraction of sp³-hybridized carbons (Fsp3) is 0.800. The van der Waals surface area contributed by atoms with E-state index in [1.165, 1.54) is 18.7 Å². The topological polar surface area (TPSA) is 46.2 Å². The Balaban J connectivity index is 3.22. The van der Waals surface area contributed by atoms with E-state index in [0.717, 1.165) is 19.3 Å². The van der Waals surface area contributed by atoms with Crippen molar-refractivity contribution in [1.82, 2.24) is 5.32 Å². The van der Waals surface area contributed by atoms with Gasteiger partial charge in [0.15, 0.2) is 5.12 Å². The Morgan fingerprint density at radius 2 is 2.00 bits per heavy atom. The molecule has 0 aliphatic heterocycles. The predicted molar refractivity (Wildman–Crippen MR) is 60.3 cm³/mol. The highest BCUT2D eigenvalue weighted by Gasteiger charge is 2.01. The molecular formula is C10H19NO2S. The maximum atomic E-state index is 11.2. The summed E-state index contributed by atoms with van der Waals surface area (Å²) in [7, 11) is 0. The lowest BCUT2D eigenvalue weighted by Gasteiger charge is -2.01. The Hall–Kier alpha value is -0.510. The second kappa shape index (κ2) is 9.06. The van der Waals surface area contributed by atoms with E-state index in [-0.39, 0.29) is 11.0 Å². The Morgan fingerprint density at radius 1 is 1.29 bits per heavy atom. The van der Waals surface area contributed by atoms with Crippen LogP contribution in [0.4, 0.5) is 0 Å². The fourth-order valence-electron chi connectivity index (χ4n) is 0.983. The molecule has 82 valence electrons. The van der Waals surface area contributed by atoms with Crippen LogP contribution in [0.3, 0.4) is 0 Å². The van der Waals surface area contributed by atoms with Crippen LogP contribution in [0, 0.1) is 0 Å². The summed E-state index contributed by atoms with van der Waals surface area (Å²) in [6.07, 6.45) is 3.92. The lowest BCUT2D eigenvalue weighted by Crippen LogP contribution is -2.22. The number of thioether (sulfide) groups is 1. The number of carbonyl (C=O) groups excluding carboxylic acids is 2. The normalized spacial score (nSPS) is 9.86. The molecule has 0 fully saturated rings. The molecule has 0 aliphatic rings. The maximum Gasteiger partial charge on any atom is 0.216 e. The Labute approximate surface area is 90.0 Å².